The number of halogens is 3. The lowest BCUT2D eigenvalue weighted by molar-refractivity contribution is 0.00579. The molecule has 0 bridgehead atoms. The highest BCUT2D eigenvalue weighted by Gasteiger charge is 2.30. The summed E-state index contributed by atoms with van der Waals surface area (Å²) in [6.45, 7) is 0.488. The highest BCUT2D eigenvalue weighted by Crippen LogP contribution is 2.21. The summed E-state index contributed by atoms with van der Waals surface area (Å²) >= 11 is 1.78. The van der Waals surface area contributed by atoms with E-state index in [0.29, 0.717) is 3.57 Å². The Hall–Kier alpha value is -0.760. The molecular formula is C10H8F2INO2. The second kappa shape index (κ2) is 4.25. The van der Waals surface area contributed by atoms with E-state index in [1.807, 2.05) is 0 Å². The number of β-amino-alcohol motifs (C(OH)–C–C–N with tert-alkyl or cyclic N) is 1. The van der Waals surface area contributed by atoms with Crippen LogP contribution in [0, 0.1) is 15.2 Å². The number of amides is 1. The van der Waals surface area contributed by atoms with Gasteiger partial charge in [-0.25, -0.2) is 8.78 Å². The molecule has 2 rings (SSSR count). The minimum atomic E-state index is -1.04. The molecular weight excluding hydrogens is 331 g/mol. The Morgan fingerprint density at radius 3 is 2.50 bits per heavy atom. The van der Waals surface area contributed by atoms with Gasteiger partial charge in [-0.15, -0.1) is 0 Å². The molecule has 16 heavy (non-hydrogen) atoms. The van der Waals surface area contributed by atoms with Crippen LogP contribution in [0.2, 0.25) is 0 Å². The molecule has 0 saturated carbocycles. The molecule has 6 heteroatoms. The fraction of sp³-hybridized carbons (Fsp3) is 0.300. The lowest BCUT2D eigenvalue weighted by Crippen LogP contribution is -2.53. The van der Waals surface area contributed by atoms with Crippen molar-refractivity contribution in [3.63, 3.8) is 0 Å². The van der Waals surface area contributed by atoms with E-state index < -0.39 is 17.7 Å². The highest BCUT2D eigenvalue weighted by atomic mass is 127. The second-order valence-electron chi connectivity index (χ2n) is 3.61. The van der Waals surface area contributed by atoms with Gasteiger partial charge in [0.2, 0.25) is 0 Å². The zero-order valence-corrected chi connectivity index (χ0v) is 10.2. The monoisotopic (exact) mass is 339 g/mol. The Morgan fingerprint density at radius 2 is 1.94 bits per heavy atom. The Kier molecular flexibility index (Phi) is 3.11. The summed E-state index contributed by atoms with van der Waals surface area (Å²) in [7, 11) is 0. The summed E-state index contributed by atoms with van der Waals surface area (Å²) in [6, 6.07) is 1.88. The molecule has 1 heterocycles. The molecule has 0 atom stereocenters. The Labute approximate surface area is 104 Å². The number of carbonyl (C=O) groups excluding carboxylic acids is 1. The zero-order valence-electron chi connectivity index (χ0n) is 8.08. The summed E-state index contributed by atoms with van der Waals surface area (Å²) in [4.78, 5) is 13.2. The molecule has 0 aliphatic carbocycles. The Balaban J connectivity index is 2.27. The predicted molar refractivity (Wildman–Crippen MR) is 61.0 cm³/mol. The van der Waals surface area contributed by atoms with Gasteiger partial charge in [-0.1, -0.05) is 0 Å². The van der Waals surface area contributed by atoms with Crippen LogP contribution in [0.3, 0.4) is 0 Å². The van der Waals surface area contributed by atoms with E-state index in [9.17, 15) is 13.6 Å². The summed E-state index contributed by atoms with van der Waals surface area (Å²) in [5.41, 5.74) is 0.131. The zero-order chi connectivity index (χ0) is 11.9. The maximum absolute atomic E-state index is 13.0. The van der Waals surface area contributed by atoms with Crippen molar-refractivity contribution in [1.82, 2.24) is 4.90 Å². The molecule has 86 valence electrons. The minimum Gasteiger partial charge on any atom is -0.389 e. The Bertz CT molecular complexity index is 447. The topological polar surface area (TPSA) is 40.5 Å². The van der Waals surface area contributed by atoms with Crippen molar-refractivity contribution in [2.45, 2.75) is 6.10 Å². The molecule has 1 fully saturated rings. The molecule has 0 aromatic heterocycles. The van der Waals surface area contributed by atoms with E-state index >= 15 is 0 Å². The normalized spacial score (nSPS) is 16.1. The van der Waals surface area contributed by atoms with Gasteiger partial charge in [0.25, 0.3) is 5.91 Å². The summed E-state index contributed by atoms with van der Waals surface area (Å²) < 4.78 is 26.2. The third kappa shape index (κ3) is 2.03. The van der Waals surface area contributed by atoms with Gasteiger partial charge in [0.15, 0.2) is 11.6 Å². The first-order chi connectivity index (χ1) is 7.49. The van der Waals surface area contributed by atoms with Crippen LogP contribution in [0.25, 0.3) is 0 Å². The molecule has 1 aliphatic rings. The standard InChI is InChI=1S/C10H8F2INO2/c11-7-1-6(9(13)2-8(7)12)10(16)14-3-5(15)4-14/h1-2,5,15H,3-4H2. The van der Waals surface area contributed by atoms with Gasteiger partial charge in [-0.2, -0.15) is 0 Å². The lowest BCUT2D eigenvalue weighted by atomic mass is 10.1. The van der Waals surface area contributed by atoms with Crippen LogP contribution in [-0.2, 0) is 0 Å². The molecule has 1 amide bonds. The first kappa shape index (κ1) is 11.7. The number of aliphatic hydroxyl groups excluding tert-OH is 1. The van der Waals surface area contributed by atoms with Crippen molar-refractivity contribution in [1.29, 1.82) is 0 Å². The van der Waals surface area contributed by atoms with Crippen LogP contribution in [0.1, 0.15) is 10.4 Å². The van der Waals surface area contributed by atoms with Gasteiger partial charge in [0.1, 0.15) is 0 Å². The van der Waals surface area contributed by atoms with Crippen molar-refractivity contribution < 1.29 is 18.7 Å². The first-order valence-corrected chi connectivity index (χ1v) is 5.69. The van der Waals surface area contributed by atoms with Gasteiger partial charge in [0, 0.05) is 16.7 Å². The third-order valence-corrected chi connectivity index (χ3v) is 3.28. The quantitative estimate of drug-likeness (QED) is 0.621. The number of likely N-dealkylation sites (tertiary alicyclic amines) is 1. The van der Waals surface area contributed by atoms with Crippen molar-refractivity contribution in [2.75, 3.05) is 13.1 Å². The molecule has 1 saturated heterocycles. The van der Waals surface area contributed by atoms with Crippen LogP contribution >= 0.6 is 22.6 Å². The number of hydrogen-bond donors (Lipinski definition) is 1. The van der Waals surface area contributed by atoms with Gasteiger partial charge in [-0.3, -0.25) is 4.79 Å². The molecule has 1 N–H and O–H groups in total. The molecule has 1 aromatic carbocycles. The third-order valence-electron chi connectivity index (χ3n) is 2.39. The van der Waals surface area contributed by atoms with Crippen LogP contribution in [-0.4, -0.2) is 35.1 Å². The van der Waals surface area contributed by atoms with Crippen LogP contribution < -0.4 is 0 Å². The van der Waals surface area contributed by atoms with Gasteiger partial charge in [-0.05, 0) is 34.7 Å². The predicted octanol–water partition coefficient (Wildman–Crippen LogP) is 1.39. The molecule has 1 aromatic rings. The molecule has 0 spiro atoms. The number of carbonyl (C=O) groups is 1. The van der Waals surface area contributed by atoms with Crippen molar-refractivity contribution in [3.05, 3.63) is 32.9 Å². The van der Waals surface area contributed by atoms with E-state index in [4.69, 9.17) is 5.11 Å². The van der Waals surface area contributed by atoms with Crippen LogP contribution in [0.4, 0.5) is 8.78 Å². The summed E-state index contributed by atoms with van der Waals surface area (Å²) in [6.07, 6.45) is -0.507. The molecule has 0 radical (unpaired) electrons. The van der Waals surface area contributed by atoms with Crippen LogP contribution in [0.15, 0.2) is 12.1 Å². The van der Waals surface area contributed by atoms with E-state index in [0.717, 1.165) is 12.1 Å². The fourth-order valence-corrected chi connectivity index (χ4v) is 2.14. The number of aliphatic hydroxyl groups is 1. The van der Waals surface area contributed by atoms with E-state index in [1.165, 1.54) is 4.90 Å². The summed E-state index contributed by atoms with van der Waals surface area (Å²) in [5, 5.41) is 9.05. The minimum absolute atomic E-state index is 0.131. The van der Waals surface area contributed by atoms with Crippen LogP contribution in [0.5, 0.6) is 0 Å². The molecule has 0 unspecified atom stereocenters. The number of nitrogens with zero attached hydrogens (tertiary/aromatic N) is 1. The largest absolute Gasteiger partial charge is 0.389 e. The fourth-order valence-electron chi connectivity index (χ4n) is 1.48. The smallest absolute Gasteiger partial charge is 0.255 e. The highest BCUT2D eigenvalue weighted by molar-refractivity contribution is 14.1. The number of hydrogen-bond acceptors (Lipinski definition) is 2. The van der Waals surface area contributed by atoms with Gasteiger partial charge < -0.3 is 10.0 Å². The first-order valence-electron chi connectivity index (χ1n) is 4.61. The van der Waals surface area contributed by atoms with Crippen molar-refractivity contribution in [2.24, 2.45) is 0 Å². The van der Waals surface area contributed by atoms with Crippen molar-refractivity contribution >= 4 is 28.5 Å². The van der Waals surface area contributed by atoms with E-state index in [1.54, 1.807) is 22.6 Å². The maximum Gasteiger partial charge on any atom is 0.255 e. The Morgan fingerprint density at radius 1 is 1.38 bits per heavy atom. The van der Waals surface area contributed by atoms with Gasteiger partial charge >= 0.3 is 0 Å². The summed E-state index contributed by atoms with van der Waals surface area (Å²) in [5.74, 6) is -2.39. The average Bonchev–Trinajstić information content (AvgIpc) is 2.18. The van der Waals surface area contributed by atoms with E-state index in [-0.39, 0.29) is 24.6 Å². The molecule has 1 aliphatic heterocycles. The average molecular weight is 339 g/mol. The van der Waals surface area contributed by atoms with E-state index in [2.05, 4.69) is 0 Å². The second-order valence-corrected chi connectivity index (χ2v) is 4.77. The maximum atomic E-state index is 13.0. The SMILES string of the molecule is O=C(c1cc(F)c(F)cc1I)N1CC(O)C1. The van der Waals surface area contributed by atoms with Gasteiger partial charge in [0.05, 0.1) is 11.7 Å². The van der Waals surface area contributed by atoms with Crippen molar-refractivity contribution in [3.8, 4) is 0 Å². The lowest BCUT2D eigenvalue weighted by Gasteiger charge is -2.36. The molecule has 3 nitrogen and oxygen atoms in total. The number of benzene rings is 1. The number of rotatable bonds is 1.